The number of fused-ring (bicyclic) bond motifs is 4. The number of para-hydroxylation sites is 2. The highest BCUT2D eigenvalue weighted by atomic mass is 15.2. The maximum Gasteiger partial charge on any atom is 0.333 e. The molecule has 0 saturated carbocycles. The van der Waals surface area contributed by atoms with Crippen molar-refractivity contribution in [2.75, 3.05) is 14.6 Å². The first-order chi connectivity index (χ1) is 34.7. The molecule has 2 heterocycles. The van der Waals surface area contributed by atoms with Crippen LogP contribution in [0.4, 0.5) is 45.5 Å². The van der Waals surface area contributed by atoms with Crippen LogP contribution in [0.2, 0.25) is 0 Å². The van der Waals surface area contributed by atoms with Gasteiger partial charge in [-0.05, 0) is 146 Å². The number of nitrogens with zero attached hydrogens (tertiary/aromatic N) is 3. The lowest BCUT2D eigenvalue weighted by molar-refractivity contribution is 1.26. The van der Waals surface area contributed by atoms with Gasteiger partial charge in [-0.1, -0.05) is 194 Å². The van der Waals surface area contributed by atoms with Crippen LogP contribution >= 0.6 is 0 Å². The van der Waals surface area contributed by atoms with Gasteiger partial charge in [0.05, 0.1) is 0 Å². The van der Waals surface area contributed by atoms with Gasteiger partial charge in [-0.3, -0.25) is 0 Å². The summed E-state index contributed by atoms with van der Waals surface area (Å²) in [5.74, 6) is 0. The van der Waals surface area contributed by atoms with Crippen LogP contribution in [-0.4, -0.2) is 6.85 Å². The Morgan fingerprint density at radius 3 is 1.23 bits per heavy atom. The van der Waals surface area contributed by atoms with E-state index in [0.29, 0.717) is 0 Å². The van der Waals surface area contributed by atoms with E-state index in [2.05, 4.69) is 294 Å². The van der Waals surface area contributed by atoms with Gasteiger partial charge < -0.3 is 14.6 Å². The smallest absolute Gasteiger partial charge is 0.333 e. The van der Waals surface area contributed by atoms with Crippen LogP contribution in [-0.2, 0) is 0 Å². The molecule has 0 fully saturated rings. The standard InChI is InChI=1S/C66H46BN3/c1-7-19-47(20-8-1)51-31-36-57(37-32-51)69-64-41-35-53(49-23-11-3-12-24-49)44-62(64)67-66-61(43-54(45-65(66)69)50-25-13-4-14-26-50)60-46-59(68(55-27-15-5-16-28-55)56-29-17-6-18-30-56)40-42-63(60)70(67)58-38-33-52(34-39-58)48-21-9-2-10-22-48/h1-46H. The van der Waals surface area contributed by atoms with Gasteiger partial charge in [0.15, 0.2) is 0 Å². The van der Waals surface area contributed by atoms with Gasteiger partial charge in [-0.2, -0.15) is 0 Å². The van der Waals surface area contributed by atoms with E-state index in [1.807, 2.05) is 0 Å². The Kier molecular flexibility index (Phi) is 10.3. The summed E-state index contributed by atoms with van der Waals surface area (Å²) in [6.45, 7) is -0.173. The molecule has 2 aliphatic rings. The van der Waals surface area contributed by atoms with E-state index < -0.39 is 0 Å². The van der Waals surface area contributed by atoms with E-state index in [4.69, 9.17) is 0 Å². The van der Waals surface area contributed by atoms with Gasteiger partial charge in [-0.25, -0.2) is 0 Å². The predicted molar refractivity (Wildman–Crippen MR) is 297 cm³/mol. The van der Waals surface area contributed by atoms with E-state index >= 15 is 0 Å². The summed E-state index contributed by atoms with van der Waals surface area (Å²) >= 11 is 0. The van der Waals surface area contributed by atoms with Gasteiger partial charge in [0.1, 0.15) is 0 Å². The molecular weight excluding hydrogens is 846 g/mol. The molecule has 11 aromatic rings. The summed E-state index contributed by atoms with van der Waals surface area (Å²) in [7, 11) is 0. The lowest BCUT2D eigenvalue weighted by Crippen LogP contribution is -2.61. The molecule has 70 heavy (non-hydrogen) atoms. The zero-order valence-electron chi connectivity index (χ0n) is 38.5. The average Bonchev–Trinajstić information content (AvgIpc) is 3.45. The second kappa shape index (κ2) is 17.5. The molecular formula is C66H46BN3. The van der Waals surface area contributed by atoms with Crippen molar-refractivity contribution < 1.29 is 0 Å². The minimum Gasteiger partial charge on any atom is -0.376 e. The first kappa shape index (κ1) is 41.1. The quantitative estimate of drug-likeness (QED) is 0.134. The highest BCUT2D eigenvalue weighted by Gasteiger charge is 2.45. The van der Waals surface area contributed by atoms with Crippen LogP contribution in [0.15, 0.2) is 279 Å². The largest absolute Gasteiger partial charge is 0.376 e. The minimum absolute atomic E-state index is 0.173. The second-order valence-corrected chi connectivity index (χ2v) is 18.1. The fraction of sp³-hybridized carbons (Fsp3) is 0. The second-order valence-electron chi connectivity index (χ2n) is 18.1. The summed E-state index contributed by atoms with van der Waals surface area (Å²) < 4.78 is 0. The maximum absolute atomic E-state index is 2.61. The molecule has 328 valence electrons. The molecule has 2 aliphatic heterocycles. The third kappa shape index (κ3) is 7.26. The Morgan fingerprint density at radius 1 is 0.271 bits per heavy atom. The van der Waals surface area contributed by atoms with Gasteiger partial charge in [0, 0.05) is 51.1 Å². The molecule has 0 atom stereocenters. The molecule has 4 heteroatoms. The van der Waals surface area contributed by atoms with E-state index in [0.717, 1.165) is 39.8 Å². The van der Waals surface area contributed by atoms with Crippen molar-refractivity contribution in [2.45, 2.75) is 0 Å². The third-order valence-corrected chi connectivity index (χ3v) is 14.0. The van der Waals surface area contributed by atoms with E-state index in [1.54, 1.807) is 0 Å². The van der Waals surface area contributed by atoms with Crippen LogP contribution in [0.5, 0.6) is 0 Å². The number of rotatable bonds is 9. The van der Waals surface area contributed by atoms with Gasteiger partial charge in [0.2, 0.25) is 0 Å². The molecule has 11 aromatic carbocycles. The van der Waals surface area contributed by atoms with Crippen LogP contribution in [0.3, 0.4) is 0 Å². The summed E-state index contributed by atoms with van der Waals surface area (Å²) in [5.41, 5.74) is 23.4. The van der Waals surface area contributed by atoms with Crippen LogP contribution < -0.4 is 25.5 Å². The molecule has 0 N–H and O–H groups in total. The monoisotopic (exact) mass is 891 g/mol. The summed E-state index contributed by atoms with van der Waals surface area (Å²) in [5, 5.41) is 0. The van der Waals surface area contributed by atoms with Crippen LogP contribution in [0, 0.1) is 0 Å². The first-order valence-electron chi connectivity index (χ1n) is 24.1. The molecule has 0 saturated heterocycles. The molecule has 0 aliphatic carbocycles. The van der Waals surface area contributed by atoms with Crippen molar-refractivity contribution in [3.8, 4) is 55.6 Å². The van der Waals surface area contributed by atoms with Crippen molar-refractivity contribution in [1.82, 2.24) is 0 Å². The fourth-order valence-electron chi connectivity index (χ4n) is 10.7. The number of anilines is 8. The van der Waals surface area contributed by atoms with Crippen molar-refractivity contribution in [3.05, 3.63) is 279 Å². The lowest BCUT2D eigenvalue weighted by atomic mass is 9.43. The SMILES string of the molecule is c1ccc(-c2ccc(N3B4c5cc(-c6ccccc6)ccc5N(c5ccc(-c6ccccc6)cc5)c5cc(-c6ccccc6)cc(c54)-c4cc(N(c5ccccc5)c5ccccc5)ccc43)cc2)cc1. The van der Waals surface area contributed by atoms with Crippen LogP contribution in [0.25, 0.3) is 55.6 Å². The highest BCUT2D eigenvalue weighted by molar-refractivity contribution is 6.93. The fourth-order valence-corrected chi connectivity index (χ4v) is 10.7. The zero-order valence-corrected chi connectivity index (χ0v) is 38.5. The van der Waals surface area contributed by atoms with Crippen molar-refractivity contribution in [3.63, 3.8) is 0 Å². The molecule has 0 radical (unpaired) electrons. The van der Waals surface area contributed by atoms with E-state index in [9.17, 15) is 0 Å². The molecule has 0 amide bonds. The van der Waals surface area contributed by atoms with Gasteiger partial charge >= 0.3 is 6.85 Å². The molecule has 0 aromatic heterocycles. The Balaban J connectivity index is 1.10. The number of benzene rings is 11. The number of hydrogen-bond acceptors (Lipinski definition) is 3. The molecule has 0 bridgehead atoms. The first-order valence-corrected chi connectivity index (χ1v) is 24.1. The third-order valence-electron chi connectivity index (χ3n) is 14.0. The minimum atomic E-state index is -0.173. The molecule has 0 unspecified atom stereocenters. The maximum atomic E-state index is 2.61. The Morgan fingerprint density at radius 2 is 0.700 bits per heavy atom. The summed E-state index contributed by atoms with van der Waals surface area (Å²) in [6.07, 6.45) is 0. The van der Waals surface area contributed by atoms with Gasteiger partial charge in [-0.15, -0.1) is 0 Å². The van der Waals surface area contributed by atoms with Crippen molar-refractivity contribution in [2.24, 2.45) is 0 Å². The lowest BCUT2D eigenvalue weighted by Gasteiger charge is -2.46. The average molecular weight is 892 g/mol. The van der Waals surface area contributed by atoms with Gasteiger partial charge in [0.25, 0.3) is 0 Å². The predicted octanol–water partition coefficient (Wildman–Crippen LogP) is 16.5. The number of hydrogen-bond donors (Lipinski definition) is 0. The van der Waals surface area contributed by atoms with Crippen molar-refractivity contribution in [1.29, 1.82) is 0 Å². The van der Waals surface area contributed by atoms with E-state index in [-0.39, 0.29) is 6.85 Å². The molecule has 13 rings (SSSR count). The highest BCUT2D eigenvalue weighted by Crippen LogP contribution is 2.50. The van der Waals surface area contributed by atoms with E-state index in [1.165, 1.54) is 72.2 Å². The Bertz CT molecular complexity index is 3590. The molecule has 3 nitrogen and oxygen atoms in total. The van der Waals surface area contributed by atoms with Crippen LogP contribution in [0.1, 0.15) is 0 Å². The molecule has 0 spiro atoms. The normalized spacial score (nSPS) is 12.2. The van der Waals surface area contributed by atoms with Crippen molar-refractivity contribution >= 4 is 63.3 Å². The zero-order chi connectivity index (χ0) is 46.4. The topological polar surface area (TPSA) is 9.72 Å². The Hall–Kier alpha value is -9.12. The summed E-state index contributed by atoms with van der Waals surface area (Å²) in [4.78, 5) is 7.51. The Labute approximate surface area is 410 Å². The summed E-state index contributed by atoms with van der Waals surface area (Å²) in [6, 6.07) is 102.